The van der Waals surface area contributed by atoms with Crippen LogP contribution in [0.5, 0.6) is 5.75 Å². The number of aliphatic hydroxyl groups is 1. The van der Waals surface area contributed by atoms with Crippen molar-refractivity contribution in [3.05, 3.63) is 29.8 Å². The van der Waals surface area contributed by atoms with Crippen molar-refractivity contribution >= 4 is 0 Å². The lowest BCUT2D eigenvalue weighted by Gasteiger charge is -2.27. The smallest absolute Gasteiger partial charge is 0.122 e. The number of para-hydroxylation sites is 1. The lowest BCUT2D eigenvalue weighted by atomic mass is 9.93. The number of hydrogen-bond acceptors (Lipinski definition) is 4. The Morgan fingerprint density at radius 2 is 2.33 bits per heavy atom. The molecule has 4 heteroatoms. The fourth-order valence-electron chi connectivity index (χ4n) is 2.31. The second kappa shape index (κ2) is 6.73. The van der Waals surface area contributed by atoms with Crippen molar-refractivity contribution in [2.45, 2.75) is 18.4 Å². The predicted molar refractivity (Wildman–Crippen MR) is 70.0 cm³/mol. The highest BCUT2D eigenvalue weighted by atomic mass is 16.5. The molecule has 1 aromatic carbocycles. The maximum absolute atomic E-state index is 9.21. The molecule has 0 saturated heterocycles. The molecule has 0 saturated carbocycles. The number of nitrogens with one attached hydrogen (secondary N) is 1. The van der Waals surface area contributed by atoms with Gasteiger partial charge in [0.05, 0.1) is 25.9 Å². The van der Waals surface area contributed by atoms with Gasteiger partial charge in [-0.25, -0.2) is 0 Å². The van der Waals surface area contributed by atoms with E-state index in [0.717, 1.165) is 25.3 Å². The Kier molecular flexibility index (Phi) is 4.99. The summed E-state index contributed by atoms with van der Waals surface area (Å²) in [6.07, 6.45) is 1.01. The molecule has 0 bridgehead atoms. The van der Waals surface area contributed by atoms with Crippen LogP contribution in [0.1, 0.15) is 17.9 Å². The normalized spacial score (nSPS) is 20.0. The van der Waals surface area contributed by atoms with Gasteiger partial charge in [-0.15, -0.1) is 0 Å². The van der Waals surface area contributed by atoms with Crippen molar-refractivity contribution < 1.29 is 14.6 Å². The molecule has 0 spiro atoms. The Labute approximate surface area is 108 Å². The molecule has 18 heavy (non-hydrogen) atoms. The summed E-state index contributed by atoms with van der Waals surface area (Å²) in [7, 11) is 1.65. The number of aliphatic hydroxyl groups excluding tert-OH is 1. The van der Waals surface area contributed by atoms with Crippen LogP contribution in [-0.2, 0) is 4.74 Å². The molecule has 1 aliphatic heterocycles. The van der Waals surface area contributed by atoms with Crippen LogP contribution in [0, 0.1) is 0 Å². The van der Waals surface area contributed by atoms with E-state index < -0.39 is 0 Å². The van der Waals surface area contributed by atoms with E-state index >= 15 is 0 Å². The van der Waals surface area contributed by atoms with E-state index in [1.807, 2.05) is 18.2 Å². The van der Waals surface area contributed by atoms with Crippen molar-refractivity contribution in [2.75, 3.05) is 33.5 Å². The van der Waals surface area contributed by atoms with Crippen molar-refractivity contribution in [2.24, 2.45) is 0 Å². The fraction of sp³-hybridized carbons (Fsp3) is 0.571. The first-order valence-electron chi connectivity index (χ1n) is 6.40. The molecule has 4 nitrogen and oxygen atoms in total. The van der Waals surface area contributed by atoms with Crippen LogP contribution in [0.25, 0.3) is 0 Å². The maximum atomic E-state index is 9.21. The van der Waals surface area contributed by atoms with Gasteiger partial charge in [-0.05, 0) is 18.1 Å². The first-order valence-corrected chi connectivity index (χ1v) is 6.40. The van der Waals surface area contributed by atoms with Gasteiger partial charge in [-0.1, -0.05) is 18.2 Å². The summed E-state index contributed by atoms with van der Waals surface area (Å²) in [5.41, 5.74) is 1.25. The number of benzene rings is 1. The third kappa shape index (κ3) is 3.22. The molecule has 0 radical (unpaired) electrons. The Balaban J connectivity index is 1.94. The topological polar surface area (TPSA) is 50.7 Å². The van der Waals surface area contributed by atoms with Gasteiger partial charge in [0, 0.05) is 19.6 Å². The maximum Gasteiger partial charge on any atom is 0.122 e. The summed E-state index contributed by atoms with van der Waals surface area (Å²) in [6, 6.07) is 8.17. The molecule has 1 aromatic rings. The minimum absolute atomic E-state index is 0.00464. The van der Waals surface area contributed by atoms with Crippen LogP contribution in [0.4, 0.5) is 0 Å². The quantitative estimate of drug-likeness (QED) is 0.796. The molecule has 0 aromatic heterocycles. The van der Waals surface area contributed by atoms with Gasteiger partial charge < -0.3 is 19.9 Å². The Hall–Kier alpha value is -1.10. The highest BCUT2D eigenvalue weighted by Gasteiger charge is 2.21. The van der Waals surface area contributed by atoms with Gasteiger partial charge in [-0.2, -0.15) is 0 Å². The number of fused-ring (bicyclic) bond motifs is 1. The number of hydrogen-bond donors (Lipinski definition) is 2. The van der Waals surface area contributed by atoms with Crippen LogP contribution < -0.4 is 10.1 Å². The number of methoxy groups -OCH3 is 1. The zero-order chi connectivity index (χ0) is 12.8. The number of ether oxygens (including phenoxy) is 2. The molecule has 100 valence electrons. The standard InChI is InChI=1S/C14H21NO3/c1-17-10-12(9-16)15-8-11-6-7-18-14-5-3-2-4-13(11)14/h2-5,11-12,15-16H,6-10H2,1H3. The zero-order valence-electron chi connectivity index (χ0n) is 10.8. The van der Waals surface area contributed by atoms with Gasteiger partial charge in [0.15, 0.2) is 0 Å². The molecule has 1 aliphatic rings. The van der Waals surface area contributed by atoms with Crippen LogP contribution in [-0.4, -0.2) is 44.6 Å². The molecule has 0 fully saturated rings. The summed E-state index contributed by atoms with van der Waals surface area (Å²) in [5.74, 6) is 1.43. The average Bonchev–Trinajstić information content (AvgIpc) is 2.43. The summed E-state index contributed by atoms with van der Waals surface area (Å²) >= 11 is 0. The fourth-order valence-corrected chi connectivity index (χ4v) is 2.31. The van der Waals surface area contributed by atoms with Crippen LogP contribution in [0.2, 0.25) is 0 Å². The molecule has 2 N–H and O–H groups in total. The van der Waals surface area contributed by atoms with Crippen molar-refractivity contribution in [3.8, 4) is 5.75 Å². The Morgan fingerprint density at radius 1 is 1.50 bits per heavy atom. The first kappa shape index (κ1) is 13.3. The number of rotatable bonds is 6. The minimum atomic E-state index is 0.00464. The molecule has 0 aliphatic carbocycles. The zero-order valence-corrected chi connectivity index (χ0v) is 10.8. The molecule has 2 atom stereocenters. The van der Waals surface area contributed by atoms with Gasteiger partial charge in [0.1, 0.15) is 5.75 Å². The van der Waals surface area contributed by atoms with Gasteiger partial charge in [-0.3, -0.25) is 0 Å². The van der Waals surface area contributed by atoms with E-state index in [1.165, 1.54) is 5.56 Å². The summed E-state index contributed by atoms with van der Waals surface area (Å²) in [6.45, 7) is 2.23. The lowest BCUT2D eigenvalue weighted by molar-refractivity contribution is 0.126. The molecular formula is C14H21NO3. The van der Waals surface area contributed by atoms with Gasteiger partial charge in [0.25, 0.3) is 0 Å². The second-order valence-electron chi connectivity index (χ2n) is 4.61. The highest BCUT2D eigenvalue weighted by molar-refractivity contribution is 5.37. The van der Waals surface area contributed by atoms with E-state index in [1.54, 1.807) is 7.11 Å². The summed E-state index contributed by atoms with van der Waals surface area (Å²) in [5, 5.41) is 12.6. The monoisotopic (exact) mass is 251 g/mol. The second-order valence-corrected chi connectivity index (χ2v) is 4.61. The third-order valence-corrected chi connectivity index (χ3v) is 3.32. The molecule has 2 unspecified atom stereocenters. The average molecular weight is 251 g/mol. The van der Waals surface area contributed by atoms with E-state index in [0.29, 0.717) is 12.5 Å². The van der Waals surface area contributed by atoms with Crippen LogP contribution in [0.15, 0.2) is 24.3 Å². The highest BCUT2D eigenvalue weighted by Crippen LogP contribution is 2.32. The van der Waals surface area contributed by atoms with Crippen molar-refractivity contribution in [1.29, 1.82) is 0 Å². The summed E-state index contributed by atoms with van der Waals surface area (Å²) < 4.78 is 10.7. The SMILES string of the molecule is COCC(CO)NCC1CCOc2ccccc21. The van der Waals surface area contributed by atoms with E-state index in [-0.39, 0.29) is 12.6 Å². The minimum Gasteiger partial charge on any atom is -0.493 e. The molecular weight excluding hydrogens is 230 g/mol. The van der Waals surface area contributed by atoms with Crippen LogP contribution >= 0.6 is 0 Å². The van der Waals surface area contributed by atoms with E-state index in [9.17, 15) is 5.11 Å². The lowest BCUT2D eigenvalue weighted by Crippen LogP contribution is -2.39. The summed E-state index contributed by atoms with van der Waals surface area (Å²) in [4.78, 5) is 0. The van der Waals surface area contributed by atoms with Crippen LogP contribution in [0.3, 0.4) is 0 Å². The molecule has 2 rings (SSSR count). The Morgan fingerprint density at radius 3 is 3.11 bits per heavy atom. The van der Waals surface area contributed by atoms with E-state index in [2.05, 4.69) is 11.4 Å². The van der Waals surface area contributed by atoms with Gasteiger partial charge >= 0.3 is 0 Å². The van der Waals surface area contributed by atoms with Gasteiger partial charge in [0.2, 0.25) is 0 Å². The molecule has 1 heterocycles. The third-order valence-electron chi connectivity index (χ3n) is 3.32. The van der Waals surface area contributed by atoms with E-state index in [4.69, 9.17) is 9.47 Å². The Bertz CT molecular complexity index is 370. The largest absolute Gasteiger partial charge is 0.493 e. The van der Waals surface area contributed by atoms with Crippen molar-refractivity contribution in [1.82, 2.24) is 5.32 Å². The first-order chi connectivity index (χ1) is 8.85. The predicted octanol–water partition coefficient (Wildman–Crippen LogP) is 1.15. The van der Waals surface area contributed by atoms with Crippen molar-refractivity contribution in [3.63, 3.8) is 0 Å². The molecule has 0 amide bonds.